The first kappa shape index (κ1) is 27.4. The molecule has 0 spiro atoms. The van der Waals surface area contributed by atoms with E-state index in [-0.39, 0.29) is 30.0 Å². The Balaban J connectivity index is 0.00000784. The number of carbonyl (C=O) groups is 1. The molecule has 1 unspecified atom stereocenters. The molecule has 0 aromatic carbocycles. The van der Waals surface area contributed by atoms with Crippen LogP contribution in [0.1, 0.15) is 59.6 Å². The number of nitrogens with one attached hydrogen (secondary N) is 3. The number of rotatable bonds is 10. The highest BCUT2D eigenvalue weighted by Gasteiger charge is 2.18. The minimum Gasteiger partial charge on any atom is -0.444 e. The zero-order valence-corrected chi connectivity index (χ0v) is 20.8. The number of ether oxygens (including phenoxy) is 1. The van der Waals surface area contributed by atoms with Crippen molar-refractivity contribution in [2.45, 2.75) is 71.9 Å². The second kappa shape index (κ2) is 15.3. The molecule has 1 amide bonds. The van der Waals surface area contributed by atoms with Gasteiger partial charge in [-0.15, -0.1) is 24.0 Å². The molecule has 1 atom stereocenters. The minimum atomic E-state index is -0.502. The summed E-state index contributed by atoms with van der Waals surface area (Å²) in [6.45, 7) is 11.7. The average Bonchev–Trinajstić information content (AvgIpc) is 2.63. The molecule has 0 saturated carbocycles. The number of amides is 1. The summed E-state index contributed by atoms with van der Waals surface area (Å²) in [6, 6.07) is 5.98. The standard InChI is InChI=1S/C21H37N5O2.HI/c1-6-8-11-18(16-25-20(27)28-21(3,4)5)26-19(22-7-2)24-15-13-17-12-9-10-14-23-17;/h9-10,12,14,18H,6-8,11,13,15-16H2,1-5H3,(H,25,27)(H2,22,24,26);1H. The lowest BCUT2D eigenvalue weighted by atomic mass is 10.1. The monoisotopic (exact) mass is 519 g/mol. The molecule has 0 fully saturated rings. The molecule has 1 rings (SSSR count). The zero-order chi connectivity index (χ0) is 20.8. The molecule has 1 aromatic rings. The van der Waals surface area contributed by atoms with Gasteiger partial charge in [-0.1, -0.05) is 25.8 Å². The number of carbonyl (C=O) groups excluding carboxylic acids is 1. The fourth-order valence-corrected chi connectivity index (χ4v) is 2.54. The van der Waals surface area contributed by atoms with Gasteiger partial charge in [0, 0.05) is 44.0 Å². The molecule has 0 bridgehead atoms. The van der Waals surface area contributed by atoms with Gasteiger partial charge in [0.25, 0.3) is 0 Å². The molecule has 1 aromatic heterocycles. The Kier molecular flexibility index (Phi) is 14.5. The van der Waals surface area contributed by atoms with Crippen LogP contribution in [0.15, 0.2) is 29.4 Å². The number of halogens is 1. The van der Waals surface area contributed by atoms with Crippen molar-refractivity contribution in [1.29, 1.82) is 0 Å². The van der Waals surface area contributed by atoms with Crippen molar-refractivity contribution >= 4 is 36.0 Å². The number of guanidine groups is 1. The van der Waals surface area contributed by atoms with Gasteiger partial charge >= 0.3 is 6.09 Å². The molecule has 29 heavy (non-hydrogen) atoms. The summed E-state index contributed by atoms with van der Waals surface area (Å²) in [5.41, 5.74) is 0.523. The number of unbranched alkanes of at least 4 members (excludes halogenated alkanes) is 1. The number of nitrogens with zero attached hydrogens (tertiary/aromatic N) is 2. The topological polar surface area (TPSA) is 87.6 Å². The second-order valence-corrected chi connectivity index (χ2v) is 7.70. The Morgan fingerprint density at radius 2 is 2.00 bits per heavy atom. The third kappa shape index (κ3) is 14.1. The molecule has 7 nitrogen and oxygen atoms in total. The van der Waals surface area contributed by atoms with Crippen LogP contribution < -0.4 is 16.0 Å². The summed E-state index contributed by atoms with van der Waals surface area (Å²) in [5.74, 6) is 0.755. The smallest absolute Gasteiger partial charge is 0.407 e. The van der Waals surface area contributed by atoms with Gasteiger partial charge in [0.15, 0.2) is 5.96 Å². The summed E-state index contributed by atoms with van der Waals surface area (Å²) in [6.07, 6.45) is 5.29. The van der Waals surface area contributed by atoms with E-state index in [0.717, 1.165) is 43.9 Å². The highest BCUT2D eigenvalue weighted by molar-refractivity contribution is 14.0. The maximum atomic E-state index is 12.0. The second-order valence-electron chi connectivity index (χ2n) is 7.70. The Morgan fingerprint density at radius 1 is 1.24 bits per heavy atom. The summed E-state index contributed by atoms with van der Waals surface area (Å²) in [7, 11) is 0. The first-order valence-electron chi connectivity index (χ1n) is 10.3. The van der Waals surface area contributed by atoms with Crippen LogP contribution in [-0.4, -0.2) is 48.3 Å². The fourth-order valence-electron chi connectivity index (χ4n) is 2.54. The summed E-state index contributed by atoms with van der Waals surface area (Å²) in [4.78, 5) is 20.9. The van der Waals surface area contributed by atoms with Crippen molar-refractivity contribution in [3.8, 4) is 0 Å². The van der Waals surface area contributed by atoms with Gasteiger partial charge in [-0.25, -0.2) is 4.79 Å². The third-order valence-corrected chi connectivity index (χ3v) is 3.85. The minimum absolute atomic E-state index is 0. The average molecular weight is 519 g/mol. The van der Waals surface area contributed by atoms with Crippen LogP contribution in [0.4, 0.5) is 4.79 Å². The van der Waals surface area contributed by atoms with Crippen molar-refractivity contribution in [3.05, 3.63) is 30.1 Å². The zero-order valence-electron chi connectivity index (χ0n) is 18.5. The van der Waals surface area contributed by atoms with Crippen LogP contribution in [0, 0.1) is 0 Å². The van der Waals surface area contributed by atoms with E-state index in [9.17, 15) is 4.79 Å². The van der Waals surface area contributed by atoms with Crippen molar-refractivity contribution in [2.75, 3.05) is 19.6 Å². The van der Waals surface area contributed by atoms with Gasteiger partial charge in [-0.2, -0.15) is 0 Å². The van der Waals surface area contributed by atoms with Crippen molar-refractivity contribution in [1.82, 2.24) is 20.9 Å². The molecule has 0 aliphatic rings. The summed E-state index contributed by atoms with van der Waals surface area (Å²) in [5, 5.41) is 9.58. The molecule has 0 aliphatic carbocycles. The molecular formula is C21H38IN5O2. The van der Waals surface area contributed by atoms with Crippen LogP contribution in [0.3, 0.4) is 0 Å². The Labute approximate surface area is 192 Å². The number of aromatic nitrogens is 1. The molecule has 0 saturated heterocycles. The number of hydrogen-bond acceptors (Lipinski definition) is 4. The SMILES string of the molecule is CCCCC(CNC(=O)OC(C)(C)C)NC(=NCCc1ccccn1)NCC.I. The predicted molar refractivity (Wildman–Crippen MR) is 130 cm³/mol. The van der Waals surface area contributed by atoms with E-state index in [4.69, 9.17) is 4.74 Å². The van der Waals surface area contributed by atoms with Gasteiger partial charge in [-0.05, 0) is 46.2 Å². The summed E-state index contributed by atoms with van der Waals surface area (Å²) < 4.78 is 5.33. The van der Waals surface area contributed by atoms with Crippen molar-refractivity contribution in [3.63, 3.8) is 0 Å². The molecule has 0 aliphatic heterocycles. The molecule has 3 N–H and O–H groups in total. The number of aliphatic imine (C=N–C) groups is 1. The quantitative estimate of drug-likeness (QED) is 0.248. The molecular weight excluding hydrogens is 481 g/mol. The third-order valence-electron chi connectivity index (χ3n) is 3.85. The highest BCUT2D eigenvalue weighted by atomic mass is 127. The Morgan fingerprint density at radius 3 is 2.59 bits per heavy atom. The van der Waals surface area contributed by atoms with E-state index in [1.54, 1.807) is 6.20 Å². The van der Waals surface area contributed by atoms with Crippen LogP contribution in [0.5, 0.6) is 0 Å². The van der Waals surface area contributed by atoms with Crippen molar-refractivity contribution < 1.29 is 9.53 Å². The predicted octanol–water partition coefficient (Wildman–Crippen LogP) is 3.88. The van der Waals surface area contributed by atoms with E-state index in [1.165, 1.54) is 0 Å². The van der Waals surface area contributed by atoms with Gasteiger partial charge in [0.05, 0.1) is 0 Å². The number of hydrogen-bond donors (Lipinski definition) is 3. The lowest BCUT2D eigenvalue weighted by molar-refractivity contribution is 0.0522. The fraction of sp³-hybridized carbons (Fsp3) is 0.667. The van der Waals surface area contributed by atoms with Gasteiger partial charge < -0.3 is 20.7 Å². The normalized spacial score (nSPS) is 12.5. The summed E-state index contributed by atoms with van der Waals surface area (Å²) >= 11 is 0. The van der Waals surface area contributed by atoms with E-state index in [1.807, 2.05) is 45.9 Å². The first-order valence-corrected chi connectivity index (χ1v) is 10.3. The van der Waals surface area contributed by atoms with Crippen LogP contribution in [0.2, 0.25) is 0 Å². The maximum absolute atomic E-state index is 12.0. The van der Waals surface area contributed by atoms with E-state index < -0.39 is 11.7 Å². The van der Waals surface area contributed by atoms with Crippen LogP contribution in [0.25, 0.3) is 0 Å². The molecule has 8 heteroatoms. The lowest BCUT2D eigenvalue weighted by Gasteiger charge is -2.24. The lowest BCUT2D eigenvalue weighted by Crippen LogP contribution is -2.49. The van der Waals surface area contributed by atoms with Crippen molar-refractivity contribution in [2.24, 2.45) is 4.99 Å². The van der Waals surface area contributed by atoms with Crippen LogP contribution in [-0.2, 0) is 11.2 Å². The molecule has 166 valence electrons. The number of alkyl carbamates (subject to hydrolysis) is 1. The van der Waals surface area contributed by atoms with Gasteiger partial charge in [0.2, 0.25) is 0 Å². The first-order chi connectivity index (χ1) is 13.3. The maximum Gasteiger partial charge on any atom is 0.407 e. The van der Waals surface area contributed by atoms with E-state index >= 15 is 0 Å². The van der Waals surface area contributed by atoms with Gasteiger partial charge in [-0.3, -0.25) is 9.98 Å². The van der Waals surface area contributed by atoms with E-state index in [2.05, 4.69) is 32.9 Å². The Bertz CT molecular complexity index is 590. The highest BCUT2D eigenvalue weighted by Crippen LogP contribution is 2.07. The van der Waals surface area contributed by atoms with E-state index in [0.29, 0.717) is 13.1 Å². The number of pyridine rings is 1. The largest absolute Gasteiger partial charge is 0.444 e. The van der Waals surface area contributed by atoms with Crippen LogP contribution >= 0.6 is 24.0 Å². The Hall–Kier alpha value is -1.58. The molecule has 0 radical (unpaired) electrons. The molecule has 1 heterocycles. The van der Waals surface area contributed by atoms with Gasteiger partial charge in [0.1, 0.15) is 5.60 Å².